The smallest absolute Gasteiger partial charge is 0.353 e. The molecule has 3 aliphatic rings. The maximum absolute atomic E-state index is 14.9. The number of amides is 1. The SMILES string of the molecule is C[C@H](O)C(C(=O)O)C1CN(C(=O)C(C2CC(SCCN=CN)=c3c(=O)n4c(c(=O)n32)=CC(SCCN=CN)C4C(C(=O)O)[C@@H](C)O)[C@@H](C)O)C(C(=O)O)=C1SCCN=CN. The van der Waals surface area contributed by atoms with Crippen LogP contribution in [0, 0.1) is 23.7 Å². The molecule has 60 heavy (non-hydrogen) atoms. The number of aliphatic hydroxyl groups excluding tert-OH is 3. The zero-order chi connectivity index (χ0) is 44.6. The van der Waals surface area contributed by atoms with Crippen molar-refractivity contribution >= 4 is 89.1 Å². The van der Waals surface area contributed by atoms with Crippen molar-refractivity contribution < 1.29 is 49.8 Å². The first-order valence-corrected chi connectivity index (χ1v) is 21.9. The van der Waals surface area contributed by atoms with Gasteiger partial charge in [-0.05, 0) is 26.8 Å². The van der Waals surface area contributed by atoms with Crippen molar-refractivity contribution in [1.82, 2.24) is 14.0 Å². The summed E-state index contributed by atoms with van der Waals surface area (Å²) in [5, 5.41) is 62.5. The summed E-state index contributed by atoms with van der Waals surface area (Å²) in [6.07, 6.45) is -0.0545. The minimum Gasteiger partial charge on any atom is -0.481 e. The molecule has 0 bridgehead atoms. The highest BCUT2D eigenvalue weighted by Gasteiger charge is 2.51. The second-order valence-electron chi connectivity index (χ2n) is 14.2. The molecule has 0 saturated heterocycles. The summed E-state index contributed by atoms with van der Waals surface area (Å²) in [5.74, 6) is -10.7. The molecule has 4 heterocycles. The van der Waals surface area contributed by atoms with Gasteiger partial charge < -0.3 is 52.7 Å². The largest absolute Gasteiger partial charge is 0.481 e. The molecule has 1 aromatic heterocycles. The highest BCUT2D eigenvalue weighted by molar-refractivity contribution is 8.07. The van der Waals surface area contributed by atoms with Crippen LogP contribution in [-0.2, 0) is 19.2 Å². The van der Waals surface area contributed by atoms with Crippen molar-refractivity contribution in [2.75, 3.05) is 43.4 Å². The summed E-state index contributed by atoms with van der Waals surface area (Å²) < 4.78 is 2.16. The van der Waals surface area contributed by atoms with Crippen LogP contribution in [0.25, 0.3) is 11.0 Å². The minimum atomic E-state index is -1.61. The fourth-order valence-electron chi connectivity index (χ4n) is 8.05. The van der Waals surface area contributed by atoms with Crippen LogP contribution < -0.4 is 39.0 Å². The number of fused-ring (bicyclic) bond motifs is 2. The second kappa shape index (κ2) is 21.3. The van der Waals surface area contributed by atoms with Crippen molar-refractivity contribution in [3.63, 3.8) is 0 Å². The lowest BCUT2D eigenvalue weighted by Gasteiger charge is -2.32. The maximum atomic E-state index is 14.9. The molecule has 21 nitrogen and oxygen atoms in total. The Kier molecular flexibility index (Phi) is 17.0. The molecule has 0 aromatic carbocycles. The molecule has 330 valence electrons. The number of aliphatic imine (C=N–C) groups is 3. The van der Waals surface area contributed by atoms with Gasteiger partial charge >= 0.3 is 17.9 Å². The number of hydrogen-bond acceptors (Lipinski definition) is 15. The van der Waals surface area contributed by atoms with Gasteiger partial charge in [0.25, 0.3) is 11.1 Å². The molecule has 0 radical (unpaired) electrons. The van der Waals surface area contributed by atoms with Gasteiger partial charge in [-0.1, -0.05) is 0 Å². The zero-order valence-electron chi connectivity index (χ0n) is 33.0. The van der Waals surface area contributed by atoms with Crippen LogP contribution in [0.5, 0.6) is 0 Å². The number of carbonyl (C=O) groups excluding carboxylic acids is 1. The van der Waals surface area contributed by atoms with E-state index < -0.39 is 106 Å². The van der Waals surface area contributed by atoms with Crippen molar-refractivity contribution in [1.29, 1.82) is 0 Å². The number of carboxylic acids is 3. The number of carboxylic acid groups (broad SMARTS) is 3. The summed E-state index contributed by atoms with van der Waals surface area (Å²) in [4.78, 5) is 95.8. The van der Waals surface area contributed by atoms with Gasteiger partial charge in [0.1, 0.15) is 22.3 Å². The number of aliphatic hydroxyl groups is 3. The molecule has 0 spiro atoms. The number of nitrogens with two attached hydrogens (primary N) is 3. The third kappa shape index (κ3) is 9.94. The Balaban J connectivity index is 1.97. The zero-order valence-corrected chi connectivity index (χ0v) is 35.5. The Hall–Kier alpha value is -4.62. The average molecular weight is 898 g/mol. The van der Waals surface area contributed by atoms with Gasteiger partial charge in [0.15, 0.2) is 0 Å². The Bertz CT molecular complexity index is 2170. The molecule has 7 unspecified atom stereocenters. The number of aromatic nitrogens is 2. The van der Waals surface area contributed by atoms with E-state index in [9.17, 15) is 59.4 Å². The summed E-state index contributed by atoms with van der Waals surface area (Å²) in [7, 11) is 0. The molecule has 1 aromatic rings. The van der Waals surface area contributed by atoms with Crippen molar-refractivity contribution in [2.24, 2.45) is 55.8 Å². The Morgan fingerprint density at radius 1 is 0.783 bits per heavy atom. The van der Waals surface area contributed by atoms with Crippen LogP contribution in [0.4, 0.5) is 0 Å². The van der Waals surface area contributed by atoms with Crippen LogP contribution in [0.1, 0.15) is 39.3 Å². The molecule has 12 N–H and O–H groups in total. The fourth-order valence-corrected chi connectivity index (χ4v) is 11.5. The molecular formula is C36H51N9O12S3. The molecular weight excluding hydrogens is 847 g/mol. The lowest BCUT2D eigenvalue weighted by molar-refractivity contribution is -0.149. The predicted octanol–water partition coefficient (Wildman–Crippen LogP) is -3.16. The molecule has 0 saturated carbocycles. The topological polar surface area (TPSA) is 352 Å². The van der Waals surface area contributed by atoms with E-state index in [0.29, 0.717) is 10.7 Å². The molecule has 4 rings (SSSR count). The summed E-state index contributed by atoms with van der Waals surface area (Å²) in [5.41, 5.74) is 14.0. The molecule has 10 atom stereocenters. The van der Waals surface area contributed by atoms with Crippen LogP contribution in [-0.4, -0.2) is 155 Å². The van der Waals surface area contributed by atoms with Gasteiger partial charge in [-0.25, -0.2) is 4.79 Å². The summed E-state index contributed by atoms with van der Waals surface area (Å²) in [6.45, 7) is 3.76. The van der Waals surface area contributed by atoms with Gasteiger partial charge in [-0.3, -0.25) is 48.1 Å². The van der Waals surface area contributed by atoms with E-state index in [1.54, 1.807) is 0 Å². The lowest BCUT2D eigenvalue weighted by Crippen LogP contribution is -2.60. The number of rotatable bonds is 22. The molecule has 1 amide bonds. The Labute approximate surface area is 355 Å². The summed E-state index contributed by atoms with van der Waals surface area (Å²) >= 11 is 3.25. The number of carbonyl (C=O) groups is 4. The fraction of sp³-hybridized carbons (Fsp3) is 0.583. The van der Waals surface area contributed by atoms with Crippen LogP contribution in [0.2, 0.25) is 0 Å². The lowest BCUT2D eigenvalue weighted by atomic mass is 9.88. The van der Waals surface area contributed by atoms with E-state index in [2.05, 4.69) is 15.0 Å². The van der Waals surface area contributed by atoms with Gasteiger partial charge in [0.2, 0.25) is 5.91 Å². The second-order valence-corrected chi connectivity index (χ2v) is 17.8. The highest BCUT2D eigenvalue weighted by atomic mass is 32.2. The molecule has 0 aliphatic carbocycles. The summed E-state index contributed by atoms with van der Waals surface area (Å²) in [6, 6.07) is -2.55. The van der Waals surface area contributed by atoms with Gasteiger partial charge in [0, 0.05) is 57.7 Å². The Morgan fingerprint density at radius 2 is 1.32 bits per heavy atom. The average Bonchev–Trinajstić information content (AvgIpc) is 3.85. The number of aliphatic carboxylic acids is 3. The molecule has 0 fully saturated rings. The Morgan fingerprint density at radius 3 is 1.82 bits per heavy atom. The third-order valence-electron chi connectivity index (χ3n) is 10.4. The quantitative estimate of drug-likeness (QED) is 0.0315. The standard InChI is InChI=1S/C36H51N9O12S3/c1-16(46)24(34(52)53)19-12-43(29(36(56)57)30(19)60-9-6-42-15-39)32(50)25(17(2)47)20-10-23(59-8-5-41-14-38)28-33(51)45-21(31(49)44(20)28)11-22(58-7-4-40-13-37)27(45)26(18(3)48)35(54)55/h11,13-20,22,24-27,46-48H,4-10,12H2,1-3H3,(H2,37,40)(H2,38,41)(H2,39,42)(H,52,53)(H,54,55)(H,56,57)/t16-,17+,18+,19?,20?,22?,24?,25?,26?,27?/m0/s1. The van der Waals surface area contributed by atoms with E-state index in [0.717, 1.165) is 56.6 Å². The van der Waals surface area contributed by atoms with E-state index in [-0.39, 0.29) is 53.2 Å². The van der Waals surface area contributed by atoms with Gasteiger partial charge in [-0.2, -0.15) is 11.8 Å². The van der Waals surface area contributed by atoms with Crippen LogP contribution in [0.15, 0.2) is 35.2 Å². The molecule has 3 aliphatic heterocycles. The minimum absolute atomic E-state index is 0.0172. The van der Waals surface area contributed by atoms with Gasteiger partial charge in [0.05, 0.1) is 74.3 Å². The number of thioether (sulfide) groups is 3. The first-order chi connectivity index (χ1) is 28.5. The van der Waals surface area contributed by atoms with Crippen LogP contribution >= 0.6 is 35.3 Å². The monoisotopic (exact) mass is 897 g/mol. The number of hydrogen-bond donors (Lipinski definition) is 9. The number of nitrogens with zero attached hydrogens (tertiary/aromatic N) is 6. The highest BCUT2D eigenvalue weighted by Crippen LogP contribution is 2.44. The maximum Gasteiger partial charge on any atom is 0.353 e. The van der Waals surface area contributed by atoms with Crippen molar-refractivity contribution in [2.45, 2.75) is 62.8 Å². The first kappa shape index (κ1) is 48.1. The van der Waals surface area contributed by atoms with Crippen molar-refractivity contribution in [3.05, 3.63) is 42.0 Å². The van der Waals surface area contributed by atoms with E-state index in [4.69, 9.17) is 17.2 Å². The van der Waals surface area contributed by atoms with Crippen molar-refractivity contribution in [3.8, 4) is 0 Å². The van der Waals surface area contributed by atoms with E-state index >= 15 is 0 Å². The van der Waals surface area contributed by atoms with Crippen LogP contribution in [0.3, 0.4) is 0 Å². The predicted molar refractivity (Wildman–Crippen MR) is 229 cm³/mol. The molecule has 24 heteroatoms. The third-order valence-corrected chi connectivity index (χ3v) is 14.0. The van der Waals surface area contributed by atoms with Gasteiger partial charge in [-0.15, -0.1) is 23.5 Å². The first-order valence-electron chi connectivity index (χ1n) is 18.8. The van der Waals surface area contributed by atoms with E-state index in [1.807, 2.05) is 0 Å². The van der Waals surface area contributed by atoms with E-state index in [1.165, 1.54) is 38.6 Å². The normalized spacial score (nSPS) is 23.2.